The number of benzene rings is 2. The molecule has 0 bridgehead atoms. The number of aliphatic hydroxyl groups is 1. The fourth-order valence-electron chi connectivity index (χ4n) is 3.18. The number of nitro benzene ring substituents is 1. The Bertz CT molecular complexity index is 937. The van der Waals surface area contributed by atoms with E-state index in [9.17, 15) is 24.8 Å². The second kappa shape index (κ2) is 8.01. The summed E-state index contributed by atoms with van der Waals surface area (Å²) in [5.41, 5.74) is 0.722. The molecule has 1 atom stereocenters. The van der Waals surface area contributed by atoms with Gasteiger partial charge in [0.2, 0.25) is 0 Å². The summed E-state index contributed by atoms with van der Waals surface area (Å²) in [7, 11) is 1.47. The minimum absolute atomic E-state index is 0.0545. The smallest absolute Gasteiger partial charge is 0.295 e. The van der Waals surface area contributed by atoms with Crippen molar-refractivity contribution in [1.29, 1.82) is 0 Å². The van der Waals surface area contributed by atoms with Gasteiger partial charge in [-0.25, -0.2) is 0 Å². The molecule has 1 fully saturated rings. The van der Waals surface area contributed by atoms with Crippen LogP contribution in [-0.4, -0.2) is 46.9 Å². The molecule has 1 amide bonds. The van der Waals surface area contributed by atoms with Crippen molar-refractivity contribution >= 4 is 23.1 Å². The summed E-state index contributed by atoms with van der Waals surface area (Å²) in [6.07, 6.45) is 0. The summed E-state index contributed by atoms with van der Waals surface area (Å²) in [5.74, 6) is -1.85. The highest BCUT2D eigenvalue weighted by atomic mass is 16.6. The lowest BCUT2D eigenvalue weighted by Gasteiger charge is -2.25. The van der Waals surface area contributed by atoms with E-state index in [4.69, 9.17) is 4.74 Å². The Morgan fingerprint density at radius 3 is 2.36 bits per heavy atom. The summed E-state index contributed by atoms with van der Waals surface area (Å²) in [6.45, 7) is 0.330. The molecule has 0 aromatic heterocycles. The average Bonchev–Trinajstić information content (AvgIpc) is 2.97. The van der Waals surface area contributed by atoms with Crippen molar-refractivity contribution in [1.82, 2.24) is 4.90 Å². The highest BCUT2D eigenvalue weighted by molar-refractivity contribution is 6.46. The number of ether oxygens (including phenoxy) is 1. The van der Waals surface area contributed by atoms with Crippen LogP contribution in [0.15, 0.2) is 60.2 Å². The molecule has 8 nitrogen and oxygen atoms in total. The molecule has 3 rings (SSSR count). The predicted molar refractivity (Wildman–Crippen MR) is 100 cm³/mol. The van der Waals surface area contributed by atoms with E-state index in [1.165, 1.54) is 36.3 Å². The first-order valence-electron chi connectivity index (χ1n) is 8.52. The average molecular weight is 382 g/mol. The first-order valence-corrected chi connectivity index (χ1v) is 8.52. The van der Waals surface area contributed by atoms with Gasteiger partial charge in [0.25, 0.3) is 17.4 Å². The molecule has 8 heteroatoms. The lowest BCUT2D eigenvalue weighted by molar-refractivity contribution is -0.384. The largest absolute Gasteiger partial charge is 0.507 e. The van der Waals surface area contributed by atoms with Crippen LogP contribution in [0.5, 0.6) is 0 Å². The fraction of sp³-hybridized carbons (Fsp3) is 0.200. The summed E-state index contributed by atoms with van der Waals surface area (Å²) < 4.78 is 5.03. The number of carbonyl (C=O) groups is 2. The Morgan fingerprint density at radius 2 is 1.79 bits per heavy atom. The highest BCUT2D eigenvalue weighted by Crippen LogP contribution is 2.39. The number of nitrogens with zero attached hydrogens (tertiary/aromatic N) is 2. The third-order valence-corrected chi connectivity index (χ3v) is 4.54. The third kappa shape index (κ3) is 3.49. The maximum atomic E-state index is 12.7. The number of non-ortho nitro benzene ring substituents is 1. The topological polar surface area (TPSA) is 110 Å². The van der Waals surface area contributed by atoms with E-state index in [-0.39, 0.29) is 30.2 Å². The van der Waals surface area contributed by atoms with Gasteiger partial charge in [-0.3, -0.25) is 19.7 Å². The SMILES string of the molecule is COCCN1C(=O)C(=O)/C(=C(/O)c2ccccc2)[C@@H]1c1ccc([N+](=O)[O-])cc1. The van der Waals surface area contributed by atoms with Crippen molar-refractivity contribution in [2.45, 2.75) is 6.04 Å². The van der Waals surface area contributed by atoms with Crippen LogP contribution in [0.4, 0.5) is 5.69 Å². The van der Waals surface area contributed by atoms with E-state index in [0.29, 0.717) is 11.1 Å². The first-order chi connectivity index (χ1) is 13.5. The van der Waals surface area contributed by atoms with Gasteiger partial charge in [0.1, 0.15) is 5.76 Å². The van der Waals surface area contributed by atoms with Crippen LogP contribution in [0.3, 0.4) is 0 Å². The number of Topliss-reactive ketones (excluding diaryl/α,β-unsaturated/α-hetero) is 1. The number of likely N-dealkylation sites (tertiary alicyclic amines) is 1. The molecule has 0 aliphatic carbocycles. The van der Waals surface area contributed by atoms with E-state index < -0.39 is 22.7 Å². The summed E-state index contributed by atoms with van der Waals surface area (Å²) in [4.78, 5) is 37.0. The van der Waals surface area contributed by atoms with Gasteiger partial charge in [0.05, 0.1) is 23.1 Å². The van der Waals surface area contributed by atoms with Gasteiger partial charge in [-0.1, -0.05) is 30.3 Å². The fourth-order valence-corrected chi connectivity index (χ4v) is 3.18. The molecular formula is C20H18N2O6. The Kier molecular flexibility index (Phi) is 5.51. The Hall–Kier alpha value is -3.52. The van der Waals surface area contributed by atoms with Crippen molar-refractivity contribution in [3.63, 3.8) is 0 Å². The van der Waals surface area contributed by atoms with Gasteiger partial charge in [-0.15, -0.1) is 0 Å². The van der Waals surface area contributed by atoms with Crippen molar-refractivity contribution in [3.05, 3.63) is 81.4 Å². The molecule has 1 N–H and O–H groups in total. The summed E-state index contributed by atoms with van der Waals surface area (Å²) >= 11 is 0. The molecule has 0 unspecified atom stereocenters. The summed E-state index contributed by atoms with van der Waals surface area (Å²) in [5, 5.41) is 21.7. The van der Waals surface area contributed by atoms with Crippen LogP contribution in [0.1, 0.15) is 17.2 Å². The van der Waals surface area contributed by atoms with Gasteiger partial charge in [0, 0.05) is 31.4 Å². The maximum Gasteiger partial charge on any atom is 0.295 e. The Labute approximate surface area is 160 Å². The van der Waals surface area contributed by atoms with Crippen molar-refractivity contribution in [2.75, 3.05) is 20.3 Å². The molecule has 0 saturated carbocycles. The van der Waals surface area contributed by atoms with Gasteiger partial charge in [-0.05, 0) is 17.7 Å². The lowest BCUT2D eigenvalue weighted by Crippen LogP contribution is -2.32. The number of methoxy groups -OCH3 is 1. The number of ketones is 1. The van der Waals surface area contributed by atoms with Crippen LogP contribution >= 0.6 is 0 Å². The van der Waals surface area contributed by atoms with Crippen LogP contribution in [0, 0.1) is 10.1 Å². The van der Waals surface area contributed by atoms with E-state index in [2.05, 4.69) is 0 Å². The second-order valence-electron chi connectivity index (χ2n) is 6.20. The van der Waals surface area contributed by atoms with Gasteiger partial charge in [0.15, 0.2) is 0 Å². The number of aliphatic hydroxyl groups excluding tert-OH is 1. The molecule has 144 valence electrons. The first kappa shape index (κ1) is 19.2. The standard InChI is InChI=1S/C20H18N2O6/c1-28-12-11-21-17(13-7-9-15(10-8-13)22(26)27)16(19(24)20(21)25)18(23)14-5-3-2-4-6-14/h2-10,17,23H,11-12H2,1H3/b18-16+/t17-/m0/s1. The van der Waals surface area contributed by atoms with E-state index >= 15 is 0 Å². The lowest BCUT2D eigenvalue weighted by atomic mass is 9.95. The number of nitro groups is 1. The normalized spacial score (nSPS) is 18.5. The molecule has 1 aliphatic heterocycles. The molecule has 1 heterocycles. The van der Waals surface area contributed by atoms with Crippen molar-refractivity contribution < 1.29 is 24.4 Å². The van der Waals surface area contributed by atoms with Gasteiger partial charge in [-0.2, -0.15) is 0 Å². The van der Waals surface area contributed by atoms with Crippen molar-refractivity contribution in [3.8, 4) is 0 Å². The molecule has 0 spiro atoms. The second-order valence-corrected chi connectivity index (χ2v) is 6.20. The van der Waals surface area contributed by atoms with Crippen LogP contribution in [0.25, 0.3) is 5.76 Å². The summed E-state index contributed by atoms with van der Waals surface area (Å²) in [6, 6.07) is 13.1. The number of rotatable bonds is 6. The number of hydrogen-bond donors (Lipinski definition) is 1. The van der Waals surface area contributed by atoms with Crippen LogP contribution in [-0.2, 0) is 14.3 Å². The van der Waals surface area contributed by atoms with Crippen molar-refractivity contribution in [2.24, 2.45) is 0 Å². The Balaban J connectivity index is 2.14. The highest BCUT2D eigenvalue weighted by Gasteiger charge is 2.45. The Morgan fingerprint density at radius 1 is 1.14 bits per heavy atom. The zero-order chi connectivity index (χ0) is 20.3. The molecule has 28 heavy (non-hydrogen) atoms. The van der Waals surface area contributed by atoms with E-state index in [1.54, 1.807) is 30.3 Å². The predicted octanol–water partition coefficient (Wildman–Crippen LogP) is 2.66. The zero-order valence-electron chi connectivity index (χ0n) is 15.1. The van der Waals surface area contributed by atoms with E-state index in [0.717, 1.165) is 0 Å². The maximum absolute atomic E-state index is 12.7. The van der Waals surface area contributed by atoms with Crippen LogP contribution < -0.4 is 0 Å². The number of hydrogen-bond acceptors (Lipinski definition) is 6. The molecule has 1 saturated heterocycles. The number of amides is 1. The quantitative estimate of drug-likeness (QED) is 0.270. The number of carbonyl (C=O) groups excluding carboxylic acids is 2. The van der Waals surface area contributed by atoms with E-state index in [1.807, 2.05) is 0 Å². The third-order valence-electron chi connectivity index (χ3n) is 4.54. The minimum atomic E-state index is -0.865. The monoisotopic (exact) mass is 382 g/mol. The minimum Gasteiger partial charge on any atom is -0.507 e. The zero-order valence-corrected chi connectivity index (χ0v) is 15.1. The molecular weight excluding hydrogens is 364 g/mol. The molecule has 2 aromatic rings. The van der Waals surface area contributed by atoms with Gasteiger partial charge < -0.3 is 14.7 Å². The molecule has 0 radical (unpaired) electrons. The van der Waals surface area contributed by atoms with Crippen LogP contribution in [0.2, 0.25) is 0 Å². The molecule has 2 aromatic carbocycles. The molecule has 1 aliphatic rings. The van der Waals surface area contributed by atoms with Gasteiger partial charge >= 0.3 is 0 Å².